The number of sulfonamides is 1. The van der Waals surface area contributed by atoms with Crippen molar-refractivity contribution in [2.45, 2.75) is 37.5 Å². The van der Waals surface area contributed by atoms with Crippen LogP contribution in [0.25, 0.3) is 0 Å². The minimum atomic E-state index is -3.58. The van der Waals surface area contributed by atoms with Crippen molar-refractivity contribution in [3.8, 4) is 0 Å². The first-order chi connectivity index (χ1) is 13.1. The summed E-state index contributed by atoms with van der Waals surface area (Å²) in [5.41, 5.74) is 2.97. The van der Waals surface area contributed by atoms with Crippen molar-refractivity contribution >= 4 is 15.9 Å². The fourth-order valence-electron chi connectivity index (χ4n) is 2.63. The SMILES string of the molecule is C=CCNS(=O)(=O)c1ccc(C(=O)NCCc2ccc(C(C)(C)C)cc2)cc1. The van der Waals surface area contributed by atoms with Crippen molar-refractivity contribution < 1.29 is 13.2 Å². The number of carbonyl (C=O) groups excluding carboxylic acids is 1. The summed E-state index contributed by atoms with van der Waals surface area (Å²) in [5.74, 6) is -0.227. The monoisotopic (exact) mass is 400 g/mol. The van der Waals surface area contributed by atoms with Crippen LogP contribution in [0.3, 0.4) is 0 Å². The third-order valence-corrected chi connectivity index (χ3v) is 5.80. The molecule has 0 aliphatic carbocycles. The van der Waals surface area contributed by atoms with Crippen LogP contribution in [0, 0.1) is 0 Å². The van der Waals surface area contributed by atoms with Gasteiger partial charge in [0.15, 0.2) is 0 Å². The van der Waals surface area contributed by atoms with Gasteiger partial charge in [-0.05, 0) is 47.2 Å². The minimum absolute atomic E-state index is 0.116. The number of carbonyl (C=O) groups is 1. The maximum atomic E-state index is 12.3. The predicted molar refractivity (Wildman–Crippen MR) is 113 cm³/mol. The molecule has 150 valence electrons. The van der Waals surface area contributed by atoms with Crippen LogP contribution in [0.5, 0.6) is 0 Å². The van der Waals surface area contributed by atoms with E-state index in [0.717, 1.165) is 12.0 Å². The van der Waals surface area contributed by atoms with Gasteiger partial charge in [0, 0.05) is 18.7 Å². The second-order valence-electron chi connectivity index (χ2n) is 7.62. The lowest BCUT2D eigenvalue weighted by molar-refractivity contribution is 0.0954. The Morgan fingerprint density at radius 3 is 2.18 bits per heavy atom. The molecule has 0 unspecified atom stereocenters. The molecule has 0 aliphatic heterocycles. The molecule has 2 aromatic carbocycles. The maximum Gasteiger partial charge on any atom is 0.251 e. The van der Waals surface area contributed by atoms with E-state index in [9.17, 15) is 13.2 Å². The average Bonchev–Trinajstić information content (AvgIpc) is 2.66. The molecule has 2 N–H and O–H groups in total. The number of rotatable bonds is 8. The molecule has 0 heterocycles. The second kappa shape index (κ2) is 9.17. The normalized spacial score (nSPS) is 11.8. The third kappa shape index (κ3) is 6.04. The van der Waals surface area contributed by atoms with Crippen LogP contribution in [-0.4, -0.2) is 27.4 Å². The quantitative estimate of drug-likeness (QED) is 0.667. The molecule has 0 saturated heterocycles. The van der Waals surface area contributed by atoms with Crippen molar-refractivity contribution in [3.05, 3.63) is 77.9 Å². The largest absolute Gasteiger partial charge is 0.352 e. The van der Waals surface area contributed by atoms with Crippen molar-refractivity contribution in [2.24, 2.45) is 0 Å². The Morgan fingerprint density at radius 1 is 1.04 bits per heavy atom. The molecule has 0 atom stereocenters. The van der Waals surface area contributed by atoms with Gasteiger partial charge >= 0.3 is 0 Å². The van der Waals surface area contributed by atoms with E-state index in [1.165, 1.54) is 35.9 Å². The van der Waals surface area contributed by atoms with Crippen molar-refractivity contribution in [1.29, 1.82) is 0 Å². The van der Waals surface area contributed by atoms with Crippen LogP contribution < -0.4 is 10.0 Å². The zero-order valence-electron chi connectivity index (χ0n) is 16.7. The third-order valence-electron chi connectivity index (χ3n) is 4.36. The predicted octanol–water partition coefficient (Wildman–Crippen LogP) is 3.42. The van der Waals surface area contributed by atoms with Gasteiger partial charge in [-0.25, -0.2) is 13.1 Å². The van der Waals surface area contributed by atoms with Gasteiger partial charge in [-0.15, -0.1) is 6.58 Å². The van der Waals surface area contributed by atoms with E-state index < -0.39 is 10.0 Å². The molecule has 2 rings (SSSR count). The van der Waals surface area contributed by atoms with E-state index in [1.807, 2.05) is 0 Å². The fourth-order valence-corrected chi connectivity index (χ4v) is 3.63. The molecule has 5 nitrogen and oxygen atoms in total. The number of hydrogen-bond donors (Lipinski definition) is 2. The van der Waals surface area contributed by atoms with E-state index >= 15 is 0 Å². The summed E-state index contributed by atoms with van der Waals surface area (Å²) in [4.78, 5) is 12.4. The number of amides is 1. The van der Waals surface area contributed by atoms with Gasteiger partial charge in [0.1, 0.15) is 0 Å². The van der Waals surface area contributed by atoms with Gasteiger partial charge in [0.2, 0.25) is 10.0 Å². The van der Waals surface area contributed by atoms with Crippen LogP contribution in [0.15, 0.2) is 66.1 Å². The molecule has 0 radical (unpaired) electrons. The molecule has 0 saturated carbocycles. The first-order valence-electron chi connectivity index (χ1n) is 9.22. The zero-order chi connectivity index (χ0) is 20.8. The van der Waals surface area contributed by atoms with Gasteiger partial charge in [0.05, 0.1) is 4.90 Å². The van der Waals surface area contributed by atoms with Gasteiger partial charge in [0.25, 0.3) is 5.91 Å². The van der Waals surface area contributed by atoms with Crippen LogP contribution in [0.1, 0.15) is 42.3 Å². The van der Waals surface area contributed by atoms with Gasteiger partial charge in [-0.3, -0.25) is 4.79 Å². The number of nitrogens with one attached hydrogen (secondary N) is 2. The highest BCUT2D eigenvalue weighted by molar-refractivity contribution is 7.89. The van der Waals surface area contributed by atoms with Gasteiger partial charge in [-0.2, -0.15) is 0 Å². The molecule has 28 heavy (non-hydrogen) atoms. The molecule has 0 spiro atoms. The number of hydrogen-bond acceptors (Lipinski definition) is 3. The van der Waals surface area contributed by atoms with Crippen LogP contribution in [0.4, 0.5) is 0 Å². The van der Waals surface area contributed by atoms with Gasteiger partial charge in [-0.1, -0.05) is 51.1 Å². The molecule has 6 heteroatoms. The summed E-state index contributed by atoms with van der Waals surface area (Å²) in [5, 5.41) is 2.87. The molecule has 0 aliphatic rings. The smallest absolute Gasteiger partial charge is 0.251 e. The average molecular weight is 401 g/mol. The van der Waals surface area contributed by atoms with E-state index in [1.54, 1.807) is 0 Å². The highest BCUT2D eigenvalue weighted by Gasteiger charge is 2.14. The first kappa shape index (κ1) is 21.9. The Bertz CT molecular complexity index is 910. The lowest BCUT2D eigenvalue weighted by atomic mass is 9.86. The molecule has 0 fully saturated rings. The molecule has 1 amide bonds. The molecule has 0 bridgehead atoms. The molecule has 2 aromatic rings. The topological polar surface area (TPSA) is 75.3 Å². The van der Waals surface area contributed by atoms with E-state index in [4.69, 9.17) is 0 Å². The highest BCUT2D eigenvalue weighted by atomic mass is 32.2. The molecule has 0 aromatic heterocycles. The second-order valence-corrected chi connectivity index (χ2v) is 9.38. The van der Waals surface area contributed by atoms with Crippen molar-refractivity contribution in [3.63, 3.8) is 0 Å². The molecular weight excluding hydrogens is 372 g/mol. The summed E-state index contributed by atoms with van der Waals surface area (Å²) in [6.45, 7) is 10.7. The van der Waals surface area contributed by atoms with Crippen molar-refractivity contribution in [1.82, 2.24) is 10.0 Å². The van der Waals surface area contributed by atoms with E-state index in [2.05, 4.69) is 61.7 Å². The summed E-state index contributed by atoms with van der Waals surface area (Å²) >= 11 is 0. The zero-order valence-corrected chi connectivity index (χ0v) is 17.5. The Hall–Kier alpha value is -2.44. The Balaban J connectivity index is 1.90. The Labute approximate surface area is 167 Å². The van der Waals surface area contributed by atoms with Crippen LogP contribution >= 0.6 is 0 Å². The summed E-state index contributed by atoms with van der Waals surface area (Å²) in [6.07, 6.45) is 2.20. The highest BCUT2D eigenvalue weighted by Crippen LogP contribution is 2.22. The van der Waals surface area contributed by atoms with Crippen LogP contribution in [-0.2, 0) is 21.9 Å². The lowest BCUT2D eigenvalue weighted by Crippen LogP contribution is -2.26. The van der Waals surface area contributed by atoms with Crippen LogP contribution in [0.2, 0.25) is 0 Å². The first-order valence-corrected chi connectivity index (χ1v) is 10.7. The minimum Gasteiger partial charge on any atom is -0.352 e. The number of benzene rings is 2. The standard InChI is InChI=1S/C22H28N2O3S/c1-5-15-24-28(26,27)20-12-8-18(9-13-20)21(25)23-16-14-17-6-10-19(11-7-17)22(2,3)4/h5-13,24H,1,14-16H2,2-4H3,(H,23,25). The Kier molecular flexibility index (Phi) is 7.16. The lowest BCUT2D eigenvalue weighted by Gasteiger charge is -2.19. The van der Waals surface area contributed by atoms with E-state index in [-0.39, 0.29) is 22.8 Å². The molecular formula is C22H28N2O3S. The van der Waals surface area contributed by atoms with Gasteiger partial charge < -0.3 is 5.32 Å². The van der Waals surface area contributed by atoms with Crippen molar-refractivity contribution in [2.75, 3.05) is 13.1 Å². The fraction of sp³-hybridized carbons (Fsp3) is 0.318. The Morgan fingerprint density at radius 2 is 1.64 bits per heavy atom. The van der Waals surface area contributed by atoms with E-state index in [0.29, 0.717) is 12.1 Å². The summed E-state index contributed by atoms with van der Waals surface area (Å²) < 4.78 is 26.4. The maximum absolute atomic E-state index is 12.3. The summed E-state index contributed by atoms with van der Waals surface area (Å²) in [7, 11) is -3.58. The summed E-state index contributed by atoms with van der Waals surface area (Å²) in [6, 6.07) is 14.3.